The highest BCUT2D eigenvalue weighted by atomic mass is 32.2. The second-order valence-corrected chi connectivity index (χ2v) is 12.7. The highest BCUT2D eigenvalue weighted by Crippen LogP contribution is 2.52. The van der Waals surface area contributed by atoms with E-state index in [-0.39, 0.29) is 18.0 Å². The number of amides is 2. The van der Waals surface area contributed by atoms with E-state index in [1.807, 2.05) is 36.4 Å². The number of carbonyl (C=O) groups is 2. The van der Waals surface area contributed by atoms with Crippen LogP contribution < -0.4 is 15.8 Å². The number of ether oxygens (including phenoxy) is 2. The van der Waals surface area contributed by atoms with Crippen LogP contribution in [0.4, 0.5) is 16.2 Å². The predicted molar refractivity (Wildman–Crippen MR) is 158 cm³/mol. The van der Waals surface area contributed by atoms with E-state index in [9.17, 15) is 14.4 Å². The van der Waals surface area contributed by atoms with Gasteiger partial charge in [-0.3, -0.25) is 9.59 Å². The summed E-state index contributed by atoms with van der Waals surface area (Å²) in [5, 5.41) is 2.88. The summed E-state index contributed by atoms with van der Waals surface area (Å²) in [4.78, 5) is 48.1. The Morgan fingerprint density at radius 1 is 1.05 bits per heavy atom. The summed E-state index contributed by atoms with van der Waals surface area (Å²) in [7, 11) is 1.53. The van der Waals surface area contributed by atoms with Crippen LogP contribution in [0.5, 0.6) is 0 Å². The summed E-state index contributed by atoms with van der Waals surface area (Å²) in [6, 6.07) is 15.5. The Morgan fingerprint density at radius 3 is 2.58 bits per heavy atom. The Morgan fingerprint density at radius 2 is 1.82 bits per heavy atom. The number of hydrogen-bond donors (Lipinski definition) is 2. The van der Waals surface area contributed by atoms with Gasteiger partial charge in [0.1, 0.15) is 12.1 Å². The molecule has 210 valence electrons. The van der Waals surface area contributed by atoms with Crippen molar-refractivity contribution in [1.82, 2.24) is 9.88 Å². The Balaban J connectivity index is 1.32. The second kappa shape index (κ2) is 11.6. The topological polar surface area (TPSA) is 104 Å². The van der Waals surface area contributed by atoms with Gasteiger partial charge in [0.05, 0.1) is 18.9 Å². The minimum Gasteiger partial charge on any atom is -0.444 e. The molecule has 0 radical (unpaired) electrons. The lowest BCUT2D eigenvalue weighted by Crippen LogP contribution is -2.38. The third-order valence-electron chi connectivity index (χ3n) is 6.22. The van der Waals surface area contributed by atoms with E-state index in [0.717, 1.165) is 49.6 Å². The first kappa shape index (κ1) is 28.1. The molecule has 0 unspecified atom stereocenters. The highest BCUT2D eigenvalue weighted by molar-refractivity contribution is 8.05. The van der Waals surface area contributed by atoms with Gasteiger partial charge < -0.3 is 29.6 Å². The molecule has 2 aliphatic heterocycles. The van der Waals surface area contributed by atoms with Crippen LogP contribution in [0.1, 0.15) is 20.8 Å². The molecule has 0 aliphatic carbocycles. The smallest absolute Gasteiger partial charge is 0.410 e. The molecule has 0 spiro atoms. The average molecular weight is 581 g/mol. The Labute approximate surface area is 241 Å². The fourth-order valence-corrected chi connectivity index (χ4v) is 6.80. The molecule has 2 N–H and O–H groups in total. The SMILES string of the molecule is CN(CC(=O)Nc1ccc2c(c1)Sc1cccc(-c3cc(N4CCOCC4)cc(=O)[nH]3)c1S2)C(=O)OC(C)(C)C. The quantitative estimate of drug-likeness (QED) is 0.328. The number of nitrogens with one attached hydrogen (secondary N) is 2. The maximum Gasteiger partial charge on any atom is 0.410 e. The fourth-order valence-electron chi connectivity index (χ4n) is 4.39. The number of nitrogens with zero attached hydrogens (tertiary/aromatic N) is 2. The zero-order chi connectivity index (χ0) is 28.4. The van der Waals surface area contributed by atoms with E-state index in [0.29, 0.717) is 18.9 Å². The Bertz CT molecular complexity index is 1490. The number of morpholine rings is 1. The third kappa shape index (κ3) is 6.65. The van der Waals surface area contributed by atoms with E-state index >= 15 is 0 Å². The lowest BCUT2D eigenvalue weighted by molar-refractivity contribution is -0.117. The van der Waals surface area contributed by atoms with E-state index in [1.54, 1.807) is 50.4 Å². The van der Waals surface area contributed by atoms with Crippen molar-refractivity contribution >= 4 is 46.9 Å². The average Bonchev–Trinajstić information content (AvgIpc) is 2.90. The number of likely N-dealkylation sites (N-methyl/N-ethyl adjacent to an activating group) is 1. The number of rotatable bonds is 5. The number of pyridine rings is 1. The molecular formula is C29H32N4O5S2. The van der Waals surface area contributed by atoms with Crippen molar-refractivity contribution in [2.24, 2.45) is 0 Å². The Hall–Kier alpha value is -3.41. The van der Waals surface area contributed by atoms with Gasteiger partial charge in [0, 0.05) is 62.7 Å². The van der Waals surface area contributed by atoms with Gasteiger partial charge in [-0.1, -0.05) is 35.7 Å². The molecule has 2 aromatic carbocycles. The molecule has 2 aliphatic rings. The standard InChI is InChI=1S/C29H32N4O5S2/c1-29(2,3)38-28(36)32(4)17-26(35)30-18-8-9-22-24(14-18)39-23-7-5-6-20(27(23)40-22)21-15-19(16-25(34)31-21)33-10-12-37-13-11-33/h5-9,14-16H,10-13,17H2,1-4H3,(H,30,35)(H,31,34). The van der Waals surface area contributed by atoms with Gasteiger partial charge in [-0.05, 0) is 51.1 Å². The van der Waals surface area contributed by atoms with Crippen LogP contribution in [0.15, 0.2) is 72.9 Å². The number of aromatic nitrogens is 1. The summed E-state index contributed by atoms with van der Waals surface area (Å²) >= 11 is 3.26. The van der Waals surface area contributed by atoms with Crippen molar-refractivity contribution in [3.63, 3.8) is 0 Å². The lowest BCUT2D eigenvalue weighted by Gasteiger charge is -2.29. The van der Waals surface area contributed by atoms with Crippen LogP contribution in [-0.4, -0.2) is 67.4 Å². The normalized spacial score (nSPS) is 14.7. The molecule has 2 amide bonds. The van der Waals surface area contributed by atoms with E-state index in [1.165, 1.54) is 11.9 Å². The number of aromatic amines is 1. The maximum absolute atomic E-state index is 12.6. The summed E-state index contributed by atoms with van der Waals surface area (Å²) in [5.41, 5.74) is 2.52. The molecule has 40 heavy (non-hydrogen) atoms. The van der Waals surface area contributed by atoms with Gasteiger partial charge in [0.25, 0.3) is 0 Å². The summed E-state index contributed by atoms with van der Waals surface area (Å²) < 4.78 is 10.8. The highest BCUT2D eigenvalue weighted by Gasteiger charge is 2.24. The molecule has 5 rings (SSSR count). The van der Waals surface area contributed by atoms with E-state index in [4.69, 9.17) is 9.47 Å². The van der Waals surface area contributed by atoms with Gasteiger partial charge in [0.2, 0.25) is 11.5 Å². The summed E-state index contributed by atoms with van der Waals surface area (Å²) in [5.74, 6) is -0.312. The molecule has 9 nitrogen and oxygen atoms in total. The first-order valence-corrected chi connectivity index (χ1v) is 14.6. The minimum absolute atomic E-state index is 0.123. The zero-order valence-corrected chi connectivity index (χ0v) is 24.5. The molecule has 1 aromatic heterocycles. The van der Waals surface area contributed by atoms with Crippen LogP contribution in [-0.2, 0) is 14.3 Å². The first-order chi connectivity index (χ1) is 19.1. The molecular weight excluding hydrogens is 548 g/mol. The van der Waals surface area contributed by atoms with Crippen molar-refractivity contribution in [3.05, 3.63) is 58.9 Å². The van der Waals surface area contributed by atoms with Gasteiger partial charge in [0.15, 0.2) is 0 Å². The zero-order valence-electron chi connectivity index (χ0n) is 22.9. The fraction of sp³-hybridized carbons (Fsp3) is 0.345. The predicted octanol–water partition coefficient (Wildman–Crippen LogP) is 5.30. The molecule has 0 bridgehead atoms. The van der Waals surface area contributed by atoms with Crippen LogP contribution in [0.25, 0.3) is 11.3 Å². The monoisotopic (exact) mass is 580 g/mol. The summed E-state index contributed by atoms with van der Waals surface area (Å²) in [6.07, 6.45) is -0.552. The largest absolute Gasteiger partial charge is 0.444 e. The van der Waals surface area contributed by atoms with Crippen molar-refractivity contribution in [2.75, 3.05) is 50.1 Å². The van der Waals surface area contributed by atoms with Crippen LogP contribution in [0.3, 0.4) is 0 Å². The minimum atomic E-state index is -0.633. The van der Waals surface area contributed by atoms with Crippen molar-refractivity contribution in [3.8, 4) is 11.3 Å². The molecule has 3 heterocycles. The summed E-state index contributed by atoms with van der Waals surface area (Å²) in [6.45, 7) is 8.03. The number of H-pyrrole nitrogens is 1. The van der Waals surface area contributed by atoms with Crippen molar-refractivity contribution in [1.29, 1.82) is 0 Å². The number of hydrogen-bond acceptors (Lipinski definition) is 8. The van der Waals surface area contributed by atoms with Crippen molar-refractivity contribution in [2.45, 2.75) is 46.0 Å². The first-order valence-electron chi connectivity index (χ1n) is 13.0. The third-order valence-corrected chi connectivity index (χ3v) is 8.82. The van der Waals surface area contributed by atoms with Crippen LogP contribution >= 0.6 is 23.5 Å². The second-order valence-electron chi connectivity index (χ2n) is 10.6. The van der Waals surface area contributed by atoms with E-state index in [2.05, 4.69) is 21.3 Å². The molecule has 1 fully saturated rings. The molecule has 3 aromatic rings. The number of anilines is 2. The van der Waals surface area contributed by atoms with Gasteiger partial charge >= 0.3 is 6.09 Å². The maximum atomic E-state index is 12.6. The van der Waals surface area contributed by atoms with Crippen LogP contribution in [0, 0.1) is 0 Å². The molecule has 0 atom stereocenters. The van der Waals surface area contributed by atoms with Gasteiger partial charge in [-0.25, -0.2) is 4.79 Å². The number of carbonyl (C=O) groups excluding carboxylic acids is 2. The lowest BCUT2D eigenvalue weighted by atomic mass is 10.1. The Kier molecular flexibility index (Phi) is 8.16. The molecule has 11 heteroatoms. The van der Waals surface area contributed by atoms with E-state index < -0.39 is 11.7 Å². The van der Waals surface area contributed by atoms with Crippen molar-refractivity contribution < 1.29 is 19.1 Å². The van der Waals surface area contributed by atoms with Crippen LogP contribution in [0.2, 0.25) is 0 Å². The molecule has 0 saturated carbocycles. The van der Waals surface area contributed by atoms with Gasteiger partial charge in [-0.15, -0.1) is 0 Å². The number of fused-ring (bicyclic) bond motifs is 2. The number of benzene rings is 2. The molecule has 1 saturated heterocycles. The van der Waals surface area contributed by atoms with Gasteiger partial charge in [-0.2, -0.15) is 0 Å².